The summed E-state index contributed by atoms with van der Waals surface area (Å²) in [5.41, 5.74) is 0.138. The molecule has 1 heterocycles. The van der Waals surface area contributed by atoms with Crippen LogP contribution in [-0.2, 0) is 4.74 Å². The van der Waals surface area contributed by atoms with E-state index in [2.05, 4.69) is 13.8 Å². The topological polar surface area (TPSA) is 29.5 Å². The van der Waals surface area contributed by atoms with Crippen LogP contribution < -0.4 is 0 Å². The van der Waals surface area contributed by atoms with Crippen LogP contribution in [0.15, 0.2) is 0 Å². The summed E-state index contributed by atoms with van der Waals surface area (Å²) in [7, 11) is 0. The first-order valence-corrected chi connectivity index (χ1v) is 7.43. The maximum Gasteiger partial charge on any atom is 0.0686 e. The Balaban J connectivity index is 1.91. The van der Waals surface area contributed by atoms with Gasteiger partial charge in [-0.3, -0.25) is 0 Å². The number of hydrogen-bond donors (Lipinski definition) is 1. The summed E-state index contributed by atoms with van der Waals surface area (Å²) < 4.78 is 6.08. The number of rotatable bonds is 3. The molecule has 0 aromatic heterocycles. The Morgan fingerprint density at radius 1 is 1.24 bits per heavy atom. The van der Waals surface area contributed by atoms with Crippen LogP contribution in [-0.4, -0.2) is 23.4 Å². The smallest absolute Gasteiger partial charge is 0.0686 e. The minimum absolute atomic E-state index is 0.113. The Kier molecular flexibility index (Phi) is 4.48. The molecule has 1 aliphatic carbocycles. The molecule has 2 unspecified atom stereocenters. The fourth-order valence-corrected chi connectivity index (χ4v) is 3.61. The minimum Gasteiger partial charge on any atom is -0.393 e. The van der Waals surface area contributed by atoms with E-state index in [1.165, 1.54) is 32.1 Å². The molecule has 0 aromatic carbocycles. The first-order valence-electron chi connectivity index (χ1n) is 7.43. The standard InChI is InChI=1S/C15H28O2/c1-12(2)10-14(16)13-6-9-17-15(11-13)7-4-3-5-8-15/h12-14,16H,3-11H2,1-2H3. The van der Waals surface area contributed by atoms with Crippen molar-refractivity contribution >= 4 is 0 Å². The summed E-state index contributed by atoms with van der Waals surface area (Å²) in [6.45, 7) is 5.25. The molecule has 0 aromatic rings. The Hall–Kier alpha value is -0.0800. The molecule has 0 radical (unpaired) electrons. The molecule has 100 valence electrons. The second kappa shape index (κ2) is 5.71. The molecule has 2 atom stereocenters. The second-order valence-corrected chi connectivity index (χ2v) is 6.54. The van der Waals surface area contributed by atoms with Crippen molar-refractivity contribution in [2.24, 2.45) is 11.8 Å². The van der Waals surface area contributed by atoms with E-state index in [9.17, 15) is 5.11 Å². The minimum atomic E-state index is -0.113. The third-order valence-corrected chi connectivity index (χ3v) is 4.55. The van der Waals surface area contributed by atoms with Gasteiger partial charge in [-0.25, -0.2) is 0 Å². The van der Waals surface area contributed by atoms with Crippen LogP contribution in [0.2, 0.25) is 0 Å². The quantitative estimate of drug-likeness (QED) is 0.818. The molecule has 1 saturated heterocycles. The average Bonchev–Trinajstić information content (AvgIpc) is 2.29. The van der Waals surface area contributed by atoms with Crippen LogP contribution >= 0.6 is 0 Å². The van der Waals surface area contributed by atoms with Crippen LogP contribution in [0.3, 0.4) is 0 Å². The van der Waals surface area contributed by atoms with Gasteiger partial charge in [0.1, 0.15) is 0 Å². The van der Waals surface area contributed by atoms with Crippen molar-refractivity contribution in [3.8, 4) is 0 Å². The Labute approximate surface area is 106 Å². The molecule has 1 spiro atoms. The zero-order valence-corrected chi connectivity index (χ0v) is 11.5. The van der Waals surface area contributed by atoms with Crippen molar-refractivity contribution in [1.82, 2.24) is 0 Å². The molecule has 0 amide bonds. The summed E-state index contributed by atoms with van der Waals surface area (Å²) >= 11 is 0. The molecule has 2 nitrogen and oxygen atoms in total. The van der Waals surface area contributed by atoms with E-state index < -0.39 is 0 Å². The number of ether oxygens (including phenoxy) is 1. The third-order valence-electron chi connectivity index (χ3n) is 4.55. The van der Waals surface area contributed by atoms with Gasteiger partial charge in [0, 0.05) is 6.61 Å². The van der Waals surface area contributed by atoms with Gasteiger partial charge in [-0.1, -0.05) is 33.1 Å². The van der Waals surface area contributed by atoms with Crippen LogP contribution in [0.1, 0.15) is 65.2 Å². The lowest BCUT2D eigenvalue weighted by Gasteiger charge is -2.44. The van der Waals surface area contributed by atoms with Crippen LogP contribution in [0.5, 0.6) is 0 Å². The summed E-state index contributed by atoms with van der Waals surface area (Å²) in [5, 5.41) is 10.3. The normalized spacial score (nSPS) is 30.7. The zero-order valence-electron chi connectivity index (χ0n) is 11.5. The second-order valence-electron chi connectivity index (χ2n) is 6.54. The van der Waals surface area contributed by atoms with Gasteiger partial charge in [0.2, 0.25) is 0 Å². The Bertz CT molecular complexity index is 226. The van der Waals surface area contributed by atoms with E-state index in [0.717, 1.165) is 25.9 Å². The van der Waals surface area contributed by atoms with Crippen LogP contribution in [0, 0.1) is 11.8 Å². The molecule has 1 N–H and O–H groups in total. The predicted molar refractivity (Wildman–Crippen MR) is 70.0 cm³/mol. The molecule has 17 heavy (non-hydrogen) atoms. The van der Waals surface area contributed by atoms with E-state index in [1.54, 1.807) is 0 Å². The summed E-state index contributed by atoms with van der Waals surface area (Å²) in [6.07, 6.45) is 9.41. The van der Waals surface area contributed by atoms with E-state index in [0.29, 0.717) is 11.8 Å². The van der Waals surface area contributed by atoms with Crippen molar-refractivity contribution in [2.45, 2.75) is 76.9 Å². The fraction of sp³-hybridized carbons (Fsp3) is 1.00. The molecular formula is C15H28O2. The van der Waals surface area contributed by atoms with E-state index in [1.807, 2.05) is 0 Å². The van der Waals surface area contributed by atoms with Crippen LogP contribution in [0.4, 0.5) is 0 Å². The molecule has 2 aliphatic rings. The van der Waals surface area contributed by atoms with Gasteiger partial charge in [-0.05, 0) is 43.9 Å². The lowest BCUT2D eigenvalue weighted by atomic mass is 9.74. The maximum absolute atomic E-state index is 10.3. The van der Waals surface area contributed by atoms with E-state index >= 15 is 0 Å². The molecule has 2 rings (SSSR count). The van der Waals surface area contributed by atoms with Gasteiger partial charge in [0.15, 0.2) is 0 Å². The molecule has 1 saturated carbocycles. The highest BCUT2D eigenvalue weighted by molar-refractivity contribution is 4.91. The van der Waals surface area contributed by atoms with Crippen LogP contribution in [0.25, 0.3) is 0 Å². The largest absolute Gasteiger partial charge is 0.393 e. The fourth-order valence-electron chi connectivity index (χ4n) is 3.61. The first-order chi connectivity index (χ1) is 8.11. The molecule has 1 aliphatic heterocycles. The Morgan fingerprint density at radius 2 is 1.94 bits per heavy atom. The lowest BCUT2D eigenvalue weighted by Crippen LogP contribution is -2.44. The maximum atomic E-state index is 10.3. The summed E-state index contributed by atoms with van der Waals surface area (Å²) in [6, 6.07) is 0. The monoisotopic (exact) mass is 240 g/mol. The third kappa shape index (κ3) is 3.45. The average molecular weight is 240 g/mol. The molecule has 2 fully saturated rings. The predicted octanol–water partition coefficient (Wildman–Crippen LogP) is 3.52. The first kappa shape index (κ1) is 13.4. The highest BCUT2D eigenvalue weighted by Crippen LogP contribution is 2.42. The molecule has 0 bridgehead atoms. The number of aliphatic hydroxyl groups is 1. The Morgan fingerprint density at radius 3 is 2.59 bits per heavy atom. The highest BCUT2D eigenvalue weighted by Gasteiger charge is 2.40. The van der Waals surface area contributed by atoms with Gasteiger partial charge in [0.25, 0.3) is 0 Å². The number of aliphatic hydroxyl groups excluding tert-OH is 1. The zero-order chi connectivity index (χ0) is 12.3. The van der Waals surface area contributed by atoms with E-state index in [4.69, 9.17) is 4.74 Å². The van der Waals surface area contributed by atoms with Crippen molar-refractivity contribution < 1.29 is 9.84 Å². The highest BCUT2D eigenvalue weighted by atomic mass is 16.5. The van der Waals surface area contributed by atoms with Gasteiger partial charge in [-0.15, -0.1) is 0 Å². The molecule has 2 heteroatoms. The van der Waals surface area contributed by atoms with Gasteiger partial charge < -0.3 is 9.84 Å². The van der Waals surface area contributed by atoms with Gasteiger partial charge >= 0.3 is 0 Å². The summed E-state index contributed by atoms with van der Waals surface area (Å²) in [5.74, 6) is 1.07. The van der Waals surface area contributed by atoms with Gasteiger partial charge in [0.05, 0.1) is 11.7 Å². The number of hydrogen-bond acceptors (Lipinski definition) is 2. The van der Waals surface area contributed by atoms with E-state index in [-0.39, 0.29) is 11.7 Å². The van der Waals surface area contributed by atoms with Crippen molar-refractivity contribution in [1.29, 1.82) is 0 Å². The SMILES string of the molecule is CC(C)CC(O)C1CCOC2(CCCCC2)C1. The lowest BCUT2D eigenvalue weighted by molar-refractivity contribution is -0.134. The van der Waals surface area contributed by atoms with Crippen molar-refractivity contribution in [3.05, 3.63) is 0 Å². The van der Waals surface area contributed by atoms with Crippen molar-refractivity contribution in [3.63, 3.8) is 0 Å². The molecular weight excluding hydrogens is 212 g/mol. The summed E-state index contributed by atoms with van der Waals surface area (Å²) in [4.78, 5) is 0. The van der Waals surface area contributed by atoms with Gasteiger partial charge in [-0.2, -0.15) is 0 Å². The van der Waals surface area contributed by atoms with Crippen molar-refractivity contribution in [2.75, 3.05) is 6.61 Å².